The molecule has 0 aromatic carbocycles. The van der Waals surface area contributed by atoms with Gasteiger partial charge in [0.25, 0.3) is 5.91 Å². The first-order valence-corrected chi connectivity index (χ1v) is 4.88. The van der Waals surface area contributed by atoms with Crippen LogP contribution in [0.3, 0.4) is 0 Å². The number of aromatic amines is 1. The number of primary amides is 1. The first-order chi connectivity index (χ1) is 7.61. The second-order valence-electron chi connectivity index (χ2n) is 3.57. The van der Waals surface area contributed by atoms with E-state index in [1.54, 1.807) is 18.3 Å². The minimum absolute atomic E-state index is 0.412. The van der Waals surface area contributed by atoms with Crippen molar-refractivity contribution in [2.24, 2.45) is 5.73 Å². The summed E-state index contributed by atoms with van der Waals surface area (Å²) in [4.78, 5) is 15.5. The number of rotatable bonds is 2. The summed E-state index contributed by atoms with van der Waals surface area (Å²) in [6.45, 7) is 3.74. The molecular weight excluding hydrogens is 204 g/mol. The molecule has 0 atom stereocenters. The Morgan fingerprint density at radius 3 is 2.75 bits per heavy atom. The molecule has 2 rings (SSSR count). The van der Waals surface area contributed by atoms with Gasteiger partial charge in [0, 0.05) is 17.5 Å². The quantitative estimate of drug-likeness (QED) is 0.790. The van der Waals surface area contributed by atoms with Crippen LogP contribution in [0.4, 0.5) is 0 Å². The zero-order valence-corrected chi connectivity index (χ0v) is 9.11. The molecule has 2 aromatic rings. The van der Waals surface area contributed by atoms with Crippen LogP contribution in [0.25, 0.3) is 11.3 Å². The van der Waals surface area contributed by atoms with Gasteiger partial charge in [0.1, 0.15) is 0 Å². The molecule has 2 heterocycles. The van der Waals surface area contributed by atoms with Crippen LogP contribution in [-0.2, 0) is 0 Å². The molecule has 0 aliphatic heterocycles. The van der Waals surface area contributed by atoms with Gasteiger partial charge < -0.3 is 5.73 Å². The maximum atomic E-state index is 11.3. The summed E-state index contributed by atoms with van der Waals surface area (Å²) in [6.07, 6.45) is 1.63. The fraction of sp³-hybridized carbons (Fsp3) is 0.182. The third-order valence-corrected chi connectivity index (χ3v) is 2.44. The Hall–Kier alpha value is -2.17. The van der Waals surface area contributed by atoms with Crippen molar-refractivity contribution in [3.63, 3.8) is 0 Å². The Morgan fingerprint density at radius 2 is 2.19 bits per heavy atom. The van der Waals surface area contributed by atoms with Gasteiger partial charge in [-0.2, -0.15) is 5.10 Å². The lowest BCUT2D eigenvalue weighted by molar-refractivity contribution is 0.100. The van der Waals surface area contributed by atoms with E-state index in [-0.39, 0.29) is 0 Å². The molecule has 3 N–H and O–H groups in total. The summed E-state index contributed by atoms with van der Waals surface area (Å²) in [7, 11) is 0. The second-order valence-corrected chi connectivity index (χ2v) is 3.57. The molecule has 5 heteroatoms. The molecule has 0 unspecified atom stereocenters. The van der Waals surface area contributed by atoms with E-state index in [2.05, 4.69) is 15.2 Å². The predicted octanol–water partition coefficient (Wildman–Crippen LogP) is 1.19. The molecule has 16 heavy (non-hydrogen) atoms. The van der Waals surface area contributed by atoms with Crippen LogP contribution in [0.15, 0.2) is 18.3 Å². The SMILES string of the molecule is Cc1n[nH]c(C)c1-c1ncccc1C(N)=O. The van der Waals surface area contributed by atoms with E-state index in [1.807, 2.05) is 13.8 Å². The monoisotopic (exact) mass is 216 g/mol. The average Bonchev–Trinajstić information content (AvgIpc) is 2.58. The number of nitrogens with one attached hydrogen (secondary N) is 1. The van der Waals surface area contributed by atoms with Gasteiger partial charge in [0.05, 0.1) is 17.0 Å². The van der Waals surface area contributed by atoms with Crippen LogP contribution in [0, 0.1) is 13.8 Å². The Labute approximate surface area is 92.7 Å². The number of aromatic nitrogens is 3. The lowest BCUT2D eigenvalue weighted by Crippen LogP contribution is -2.13. The molecule has 5 nitrogen and oxygen atoms in total. The van der Waals surface area contributed by atoms with E-state index in [0.717, 1.165) is 17.0 Å². The average molecular weight is 216 g/mol. The molecule has 0 spiro atoms. The minimum Gasteiger partial charge on any atom is -0.366 e. The second kappa shape index (κ2) is 3.77. The minimum atomic E-state index is -0.483. The van der Waals surface area contributed by atoms with Gasteiger partial charge >= 0.3 is 0 Å². The van der Waals surface area contributed by atoms with Gasteiger partial charge in [0.2, 0.25) is 0 Å². The molecule has 0 radical (unpaired) electrons. The van der Waals surface area contributed by atoms with Gasteiger partial charge in [-0.15, -0.1) is 0 Å². The van der Waals surface area contributed by atoms with Gasteiger partial charge in [-0.05, 0) is 26.0 Å². The highest BCUT2D eigenvalue weighted by molar-refractivity contribution is 5.99. The highest BCUT2D eigenvalue weighted by Crippen LogP contribution is 2.25. The number of carbonyl (C=O) groups excluding carboxylic acids is 1. The summed E-state index contributed by atoms with van der Waals surface area (Å²) in [5.41, 5.74) is 8.83. The van der Waals surface area contributed by atoms with Crippen molar-refractivity contribution in [3.05, 3.63) is 35.3 Å². The standard InChI is InChI=1S/C11H12N4O/c1-6-9(7(2)15-14-6)10-8(11(12)16)4-3-5-13-10/h3-5H,1-2H3,(H2,12,16)(H,14,15). The molecule has 1 amide bonds. The number of nitrogens with zero attached hydrogens (tertiary/aromatic N) is 2. The number of hydrogen-bond acceptors (Lipinski definition) is 3. The first kappa shape index (κ1) is 10.4. The number of amides is 1. The number of carbonyl (C=O) groups is 1. The third-order valence-electron chi connectivity index (χ3n) is 2.44. The van der Waals surface area contributed by atoms with Crippen LogP contribution in [0.5, 0.6) is 0 Å². The Morgan fingerprint density at radius 1 is 1.44 bits per heavy atom. The van der Waals surface area contributed by atoms with E-state index in [1.165, 1.54) is 0 Å². The molecule has 0 fully saturated rings. The van der Waals surface area contributed by atoms with Crippen LogP contribution in [-0.4, -0.2) is 21.1 Å². The van der Waals surface area contributed by atoms with Crippen molar-refractivity contribution >= 4 is 5.91 Å². The first-order valence-electron chi connectivity index (χ1n) is 4.88. The van der Waals surface area contributed by atoms with Crippen LogP contribution in [0.1, 0.15) is 21.7 Å². The van der Waals surface area contributed by atoms with E-state index in [4.69, 9.17) is 5.73 Å². The lowest BCUT2D eigenvalue weighted by Gasteiger charge is -2.05. The molecule has 0 bridgehead atoms. The van der Waals surface area contributed by atoms with Crippen LogP contribution < -0.4 is 5.73 Å². The molecule has 0 saturated carbocycles. The Balaban J connectivity index is 2.69. The van der Waals surface area contributed by atoms with Crippen LogP contribution >= 0.6 is 0 Å². The molecule has 0 aliphatic carbocycles. The predicted molar refractivity (Wildman–Crippen MR) is 59.8 cm³/mol. The van der Waals surface area contributed by atoms with Gasteiger partial charge in [-0.25, -0.2) is 0 Å². The number of pyridine rings is 1. The van der Waals surface area contributed by atoms with Gasteiger partial charge in [-0.3, -0.25) is 14.9 Å². The zero-order valence-electron chi connectivity index (χ0n) is 9.11. The van der Waals surface area contributed by atoms with Crippen molar-refractivity contribution in [1.29, 1.82) is 0 Å². The summed E-state index contributed by atoms with van der Waals surface area (Å²) in [6, 6.07) is 3.35. The Bertz CT molecular complexity index is 525. The zero-order chi connectivity index (χ0) is 11.7. The van der Waals surface area contributed by atoms with Crippen molar-refractivity contribution in [2.75, 3.05) is 0 Å². The number of aryl methyl sites for hydroxylation is 2. The molecular formula is C11H12N4O. The Kier molecular flexibility index (Phi) is 2.44. The van der Waals surface area contributed by atoms with E-state index in [0.29, 0.717) is 11.3 Å². The summed E-state index contributed by atoms with van der Waals surface area (Å²) in [5, 5.41) is 6.94. The molecule has 0 aliphatic rings. The van der Waals surface area contributed by atoms with Crippen molar-refractivity contribution in [3.8, 4) is 11.3 Å². The number of nitrogens with two attached hydrogens (primary N) is 1. The van der Waals surface area contributed by atoms with E-state index in [9.17, 15) is 4.79 Å². The maximum absolute atomic E-state index is 11.3. The summed E-state index contributed by atoms with van der Waals surface area (Å²) in [5.74, 6) is -0.483. The highest BCUT2D eigenvalue weighted by Gasteiger charge is 2.16. The van der Waals surface area contributed by atoms with Crippen molar-refractivity contribution < 1.29 is 4.79 Å². The van der Waals surface area contributed by atoms with E-state index >= 15 is 0 Å². The summed E-state index contributed by atoms with van der Waals surface area (Å²) >= 11 is 0. The summed E-state index contributed by atoms with van der Waals surface area (Å²) < 4.78 is 0. The molecule has 0 saturated heterocycles. The van der Waals surface area contributed by atoms with Crippen molar-refractivity contribution in [2.45, 2.75) is 13.8 Å². The topological polar surface area (TPSA) is 84.7 Å². The smallest absolute Gasteiger partial charge is 0.250 e. The normalized spacial score (nSPS) is 10.4. The fourth-order valence-corrected chi connectivity index (χ4v) is 1.70. The third kappa shape index (κ3) is 1.56. The van der Waals surface area contributed by atoms with Gasteiger partial charge in [0.15, 0.2) is 0 Å². The maximum Gasteiger partial charge on any atom is 0.250 e. The lowest BCUT2D eigenvalue weighted by atomic mass is 10.0. The number of hydrogen-bond donors (Lipinski definition) is 2. The van der Waals surface area contributed by atoms with Gasteiger partial charge in [-0.1, -0.05) is 0 Å². The molecule has 82 valence electrons. The van der Waals surface area contributed by atoms with Crippen LogP contribution in [0.2, 0.25) is 0 Å². The molecule has 2 aromatic heterocycles. The van der Waals surface area contributed by atoms with Crippen molar-refractivity contribution in [1.82, 2.24) is 15.2 Å². The number of H-pyrrole nitrogens is 1. The van der Waals surface area contributed by atoms with E-state index < -0.39 is 5.91 Å². The fourth-order valence-electron chi connectivity index (χ4n) is 1.70. The highest BCUT2D eigenvalue weighted by atomic mass is 16.1. The largest absolute Gasteiger partial charge is 0.366 e.